The molecule has 3 rings (SSSR count). The number of ether oxygens (including phenoxy) is 1. The number of aromatic nitrogens is 2. The van der Waals surface area contributed by atoms with Gasteiger partial charge in [0.05, 0.1) is 10.6 Å². The standard InChI is InChI=1S/C25H31N5O6S/c1-6-13-26-24(31)23-18(5)25(29(28-23)20-10-8-9-16(3)17(20)4)36-21-12-11-19(30(32)33)15-22(21)37(34,35)27-14-7-2/h8-12,15,27H,6-7,13-14H2,1-5H3,(H,26,31). The van der Waals surface area contributed by atoms with E-state index in [1.54, 1.807) is 13.8 Å². The van der Waals surface area contributed by atoms with E-state index in [1.165, 1.54) is 10.7 Å². The van der Waals surface area contributed by atoms with Crippen molar-refractivity contribution in [2.45, 2.75) is 52.4 Å². The molecule has 198 valence electrons. The van der Waals surface area contributed by atoms with E-state index in [-0.39, 0.29) is 28.8 Å². The van der Waals surface area contributed by atoms with Gasteiger partial charge in [-0.2, -0.15) is 9.78 Å². The summed E-state index contributed by atoms with van der Waals surface area (Å²) in [6.45, 7) is 9.82. The van der Waals surface area contributed by atoms with Crippen molar-refractivity contribution in [2.75, 3.05) is 13.1 Å². The predicted molar refractivity (Wildman–Crippen MR) is 139 cm³/mol. The number of rotatable bonds is 11. The minimum Gasteiger partial charge on any atom is -0.437 e. The third-order valence-electron chi connectivity index (χ3n) is 5.80. The molecule has 1 amide bonds. The van der Waals surface area contributed by atoms with Gasteiger partial charge < -0.3 is 10.1 Å². The Morgan fingerprint density at radius 2 is 1.78 bits per heavy atom. The van der Waals surface area contributed by atoms with E-state index in [4.69, 9.17) is 4.74 Å². The lowest BCUT2D eigenvalue weighted by Gasteiger charge is -2.15. The molecule has 0 unspecified atom stereocenters. The van der Waals surface area contributed by atoms with Gasteiger partial charge in [-0.3, -0.25) is 14.9 Å². The van der Waals surface area contributed by atoms with Crippen LogP contribution in [0.4, 0.5) is 5.69 Å². The molecule has 0 aliphatic carbocycles. The summed E-state index contributed by atoms with van der Waals surface area (Å²) in [5.41, 5.74) is 2.62. The molecule has 0 aliphatic rings. The number of nitro groups is 1. The van der Waals surface area contributed by atoms with Crippen LogP contribution in [-0.4, -0.2) is 42.1 Å². The molecule has 0 spiro atoms. The molecule has 11 nitrogen and oxygen atoms in total. The van der Waals surface area contributed by atoms with Crippen molar-refractivity contribution in [3.63, 3.8) is 0 Å². The van der Waals surface area contributed by atoms with Crippen LogP contribution in [0, 0.1) is 30.9 Å². The number of nitrogens with one attached hydrogen (secondary N) is 2. The van der Waals surface area contributed by atoms with E-state index >= 15 is 0 Å². The summed E-state index contributed by atoms with van der Waals surface area (Å²) in [6, 6.07) is 8.94. The number of benzene rings is 2. The van der Waals surface area contributed by atoms with Gasteiger partial charge in [0.25, 0.3) is 11.6 Å². The first-order chi connectivity index (χ1) is 17.5. The third kappa shape index (κ3) is 5.97. The predicted octanol–water partition coefficient (Wildman–Crippen LogP) is 4.33. The molecule has 12 heteroatoms. The van der Waals surface area contributed by atoms with E-state index in [2.05, 4.69) is 15.1 Å². The maximum Gasteiger partial charge on any atom is 0.272 e. The molecule has 37 heavy (non-hydrogen) atoms. The zero-order chi connectivity index (χ0) is 27.3. The number of carbonyl (C=O) groups excluding carboxylic acids is 1. The first-order valence-corrected chi connectivity index (χ1v) is 13.4. The Bertz CT molecular complexity index is 1430. The lowest BCUT2D eigenvalue weighted by molar-refractivity contribution is -0.385. The number of nitrogens with zero attached hydrogens (tertiary/aromatic N) is 3. The van der Waals surface area contributed by atoms with Crippen molar-refractivity contribution in [3.8, 4) is 17.3 Å². The summed E-state index contributed by atoms with van der Waals surface area (Å²) >= 11 is 0. The van der Waals surface area contributed by atoms with Crippen molar-refractivity contribution >= 4 is 21.6 Å². The number of nitro benzene ring substituents is 1. The summed E-state index contributed by atoms with van der Waals surface area (Å²) in [5, 5.41) is 18.7. The zero-order valence-corrected chi connectivity index (χ0v) is 22.3. The molecule has 0 atom stereocenters. The van der Waals surface area contributed by atoms with E-state index in [9.17, 15) is 23.3 Å². The van der Waals surface area contributed by atoms with Gasteiger partial charge in [-0.25, -0.2) is 13.1 Å². The quantitative estimate of drug-likeness (QED) is 0.278. The third-order valence-corrected chi connectivity index (χ3v) is 7.28. The van der Waals surface area contributed by atoms with Crippen LogP contribution in [0.5, 0.6) is 11.6 Å². The van der Waals surface area contributed by atoms with Crippen LogP contribution in [0.15, 0.2) is 41.3 Å². The SMILES string of the molecule is CCCNC(=O)c1nn(-c2cccc(C)c2C)c(Oc2ccc([N+](=O)[O-])cc2S(=O)(=O)NCCC)c1C. The summed E-state index contributed by atoms with van der Waals surface area (Å²) in [6.07, 6.45) is 1.26. The highest BCUT2D eigenvalue weighted by Gasteiger charge is 2.28. The van der Waals surface area contributed by atoms with Crippen LogP contribution >= 0.6 is 0 Å². The Hall–Kier alpha value is -3.77. The summed E-state index contributed by atoms with van der Waals surface area (Å²) < 4.78 is 36.1. The molecular formula is C25H31N5O6S. The molecular weight excluding hydrogens is 498 g/mol. The molecule has 0 fully saturated rings. The number of aryl methyl sites for hydroxylation is 1. The second-order valence-electron chi connectivity index (χ2n) is 8.55. The Morgan fingerprint density at radius 1 is 1.08 bits per heavy atom. The maximum absolute atomic E-state index is 13.0. The van der Waals surface area contributed by atoms with E-state index < -0.39 is 26.5 Å². The van der Waals surface area contributed by atoms with Crippen LogP contribution in [0.25, 0.3) is 5.69 Å². The van der Waals surface area contributed by atoms with Gasteiger partial charge in [-0.1, -0.05) is 26.0 Å². The van der Waals surface area contributed by atoms with Crippen molar-refractivity contribution in [2.24, 2.45) is 0 Å². The van der Waals surface area contributed by atoms with Crippen molar-refractivity contribution in [1.82, 2.24) is 19.8 Å². The molecule has 0 saturated heterocycles. The van der Waals surface area contributed by atoms with Gasteiger partial charge in [0.15, 0.2) is 5.69 Å². The minimum atomic E-state index is -4.14. The second kappa shape index (κ2) is 11.5. The van der Waals surface area contributed by atoms with Crippen LogP contribution in [0.1, 0.15) is 53.9 Å². The lowest BCUT2D eigenvalue weighted by Crippen LogP contribution is -2.25. The number of hydrogen-bond donors (Lipinski definition) is 2. The van der Waals surface area contributed by atoms with Crippen molar-refractivity contribution in [1.29, 1.82) is 0 Å². The number of non-ortho nitro benzene ring substituents is 1. The van der Waals surface area contributed by atoms with Gasteiger partial charge >= 0.3 is 0 Å². The van der Waals surface area contributed by atoms with Crippen LogP contribution in [0.2, 0.25) is 0 Å². The molecule has 1 heterocycles. The lowest BCUT2D eigenvalue weighted by atomic mass is 10.1. The average molecular weight is 530 g/mol. The molecule has 0 bridgehead atoms. The smallest absolute Gasteiger partial charge is 0.272 e. The number of sulfonamides is 1. The summed E-state index contributed by atoms with van der Waals surface area (Å²) in [4.78, 5) is 23.2. The number of hydrogen-bond acceptors (Lipinski definition) is 7. The van der Waals surface area contributed by atoms with Gasteiger partial charge in [-0.05, 0) is 56.9 Å². The zero-order valence-electron chi connectivity index (χ0n) is 21.5. The molecule has 1 aromatic heterocycles. The van der Waals surface area contributed by atoms with Crippen molar-refractivity contribution in [3.05, 3.63) is 68.9 Å². The second-order valence-corrected chi connectivity index (χ2v) is 10.3. The summed E-state index contributed by atoms with van der Waals surface area (Å²) in [5.74, 6) is -0.408. The first-order valence-electron chi connectivity index (χ1n) is 11.9. The fourth-order valence-electron chi connectivity index (χ4n) is 3.59. The van der Waals surface area contributed by atoms with Gasteiger partial charge in [0.1, 0.15) is 10.6 Å². The van der Waals surface area contributed by atoms with E-state index in [0.717, 1.165) is 29.7 Å². The highest BCUT2D eigenvalue weighted by Crippen LogP contribution is 2.36. The molecule has 2 N–H and O–H groups in total. The van der Waals surface area contributed by atoms with Crippen molar-refractivity contribution < 1.29 is 22.9 Å². The Kier molecular flexibility index (Phi) is 8.66. The minimum absolute atomic E-state index is 0.121. The van der Waals surface area contributed by atoms with Crippen LogP contribution in [0.3, 0.4) is 0 Å². The Morgan fingerprint density at radius 3 is 2.43 bits per heavy atom. The Balaban J connectivity index is 2.23. The molecule has 3 aromatic rings. The fourth-order valence-corrected chi connectivity index (χ4v) is 4.87. The Labute approximate surface area is 216 Å². The van der Waals surface area contributed by atoms with Crippen LogP contribution < -0.4 is 14.8 Å². The molecule has 0 radical (unpaired) electrons. The maximum atomic E-state index is 13.0. The summed E-state index contributed by atoms with van der Waals surface area (Å²) in [7, 11) is -4.14. The molecule has 0 aliphatic heterocycles. The highest BCUT2D eigenvalue weighted by molar-refractivity contribution is 7.89. The highest BCUT2D eigenvalue weighted by atomic mass is 32.2. The van der Waals surface area contributed by atoms with Gasteiger partial charge in [0.2, 0.25) is 15.9 Å². The van der Waals surface area contributed by atoms with E-state index in [1.807, 2.05) is 39.0 Å². The molecule has 2 aromatic carbocycles. The van der Waals surface area contributed by atoms with E-state index in [0.29, 0.717) is 24.2 Å². The average Bonchev–Trinajstić information content (AvgIpc) is 3.18. The monoisotopic (exact) mass is 529 g/mol. The fraction of sp³-hybridized carbons (Fsp3) is 0.360. The topological polar surface area (TPSA) is 145 Å². The number of amides is 1. The largest absolute Gasteiger partial charge is 0.437 e. The first kappa shape index (κ1) is 27.8. The number of carbonyl (C=O) groups is 1. The normalized spacial score (nSPS) is 11.4. The van der Waals surface area contributed by atoms with Crippen LogP contribution in [-0.2, 0) is 10.0 Å². The molecule has 0 saturated carbocycles. The van der Waals surface area contributed by atoms with Gasteiger partial charge in [-0.15, -0.1) is 0 Å². The van der Waals surface area contributed by atoms with Gasteiger partial charge in [0, 0.05) is 30.8 Å².